The Balaban J connectivity index is 1.67. The summed E-state index contributed by atoms with van der Waals surface area (Å²) in [5.41, 5.74) is 2.87. The van der Waals surface area contributed by atoms with Crippen LogP contribution < -0.4 is 0 Å². The molecule has 3 aromatic rings. The van der Waals surface area contributed by atoms with Gasteiger partial charge in [-0.25, -0.2) is 9.18 Å². The molecule has 1 aromatic carbocycles. The lowest BCUT2D eigenvalue weighted by atomic mass is 10.0. The van der Waals surface area contributed by atoms with Crippen molar-refractivity contribution in [2.45, 2.75) is 25.8 Å². The van der Waals surface area contributed by atoms with Crippen LogP contribution in [0.15, 0.2) is 30.6 Å². The summed E-state index contributed by atoms with van der Waals surface area (Å²) in [6, 6.07) is 3.99. The standard InChI is InChI=1S/C19H20FN5O2/c1-24-22-17(7-13-9-21-25(11-13)10-12-3-4-12)18(23-24)15-6-5-14(20)8-16(15)19(26)27-2/h5-6,8-9,11-12H,3-4,7,10H2,1-2H3. The highest BCUT2D eigenvalue weighted by molar-refractivity contribution is 5.97. The predicted octanol–water partition coefficient (Wildman–Crippen LogP) is 2.61. The molecule has 0 atom stereocenters. The van der Waals surface area contributed by atoms with Gasteiger partial charge in [0, 0.05) is 31.8 Å². The van der Waals surface area contributed by atoms with Gasteiger partial charge >= 0.3 is 5.97 Å². The first kappa shape index (κ1) is 17.4. The molecule has 8 heteroatoms. The number of carbonyl (C=O) groups excluding carboxylic acids is 1. The van der Waals surface area contributed by atoms with Crippen molar-refractivity contribution in [2.75, 3.05) is 7.11 Å². The quantitative estimate of drug-likeness (QED) is 0.625. The lowest BCUT2D eigenvalue weighted by Crippen LogP contribution is -2.05. The second-order valence-corrected chi connectivity index (χ2v) is 6.86. The maximum atomic E-state index is 13.7. The number of benzene rings is 1. The molecule has 27 heavy (non-hydrogen) atoms. The van der Waals surface area contributed by atoms with Crippen LogP contribution in [0.3, 0.4) is 0 Å². The molecular formula is C19H20FN5O2. The van der Waals surface area contributed by atoms with Gasteiger partial charge in [0.1, 0.15) is 11.5 Å². The van der Waals surface area contributed by atoms with Crippen LogP contribution >= 0.6 is 0 Å². The van der Waals surface area contributed by atoms with Crippen LogP contribution in [0, 0.1) is 11.7 Å². The van der Waals surface area contributed by atoms with Crippen LogP contribution in [0.5, 0.6) is 0 Å². The van der Waals surface area contributed by atoms with Gasteiger partial charge in [-0.2, -0.15) is 20.1 Å². The number of aryl methyl sites for hydroxylation is 1. The molecule has 0 unspecified atom stereocenters. The Kier molecular flexibility index (Phi) is 4.47. The Morgan fingerprint density at radius 1 is 1.33 bits per heavy atom. The SMILES string of the molecule is COC(=O)c1cc(F)ccc1-c1nn(C)nc1Cc1cnn(CC2CC2)c1. The Labute approximate surface area is 155 Å². The van der Waals surface area contributed by atoms with Gasteiger partial charge in [-0.05, 0) is 42.5 Å². The van der Waals surface area contributed by atoms with Crippen molar-refractivity contribution < 1.29 is 13.9 Å². The molecule has 140 valence electrons. The summed E-state index contributed by atoms with van der Waals surface area (Å²) in [6.07, 6.45) is 6.90. The van der Waals surface area contributed by atoms with E-state index in [1.807, 2.05) is 17.1 Å². The van der Waals surface area contributed by atoms with Gasteiger partial charge in [0.25, 0.3) is 0 Å². The molecule has 4 rings (SSSR count). The molecule has 7 nitrogen and oxygen atoms in total. The van der Waals surface area contributed by atoms with Crippen molar-refractivity contribution in [2.24, 2.45) is 13.0 Å². The van der Waals surface area contributed by atoms with Crippen LogP contribution in [-0.4, -0.2) is 37.9 Å². The van der Waals surface area contributed by atoms with Gasteiger partial charge in [-0.15, -0.1) is 0 Å². The van der Waals surface area contributed by atoms with Gasteiger partial charge in [-0.1, -0.05) is 0 Å². The second kappa shape index (κ2) is 6.94. The third kappa shape index (κ3) is 3.74. The van der Waals surface area contributed by atoms with Crippen molar-refractivity contribution in [3.8, 4) is 11.3 Å². The van der Waals surface area contributed by atoms with E-state index in [1.54, 1.807) is 7.05 Å². The van der Waals surface area contributed by atoms with Crippen molar-refractivity contribution in [1.29, 1.82) is 0 Å². The monoisotopic (exact) mass is 369 g/mol. The number of carbonyl (C=O) groups is 1. The molecular weight excluding hydrogens is 349 g/mol. The van der Waals surface area contributed by atoms with E-state index < -0.39 is 11.8 Å². The molecule has 2 aromatic heterocycles. The zero-order valence-corrected chi connectivity index (χ0v) is 15.2. The molecule has 0 radical (unpaired) electrons. The van der Waals surface area contributed by atoms with Crippen molar-refractivity contribution >= 4 is 5.97 Å². The summed E-state index contributed by atoms with van der Waals surface area (Å²) in [7, 11) is 2.98. The van der Waals surface area contributed by atoms with Crippen LogP contribution in [0.2, 0.25) is 0 Å². The number of esters is 1. The lowest BCUT2D eigenvalue weighted by molar-refractivity contribution is 0.0601. The van der Waals surface area contributed by atoms with E-state index in [9.17, 15) is 9.18 Å². The van der Waals surface area contributed by atoms with Gasteiger partial charge in [0.2, 0.25) is 0 Å². The fraction of sp³-hybridized carbons (Fsp3) is 0.368. The maximum absolute atomic E-state index is 13.7. The highest BCUT2D eigenvalue weighted by atomic mass is 19.1. The minimum atomic E-state index is -0.613. The number of aromatic nitrogens is 5. The lowest BCUT2D eigenvalue weighted by Gasteiger charge is -2.07. The Hall–Kier alpha value is -3.03. The molecule has 2 heterocycles. The van der Waals surface area contributed by atoms with Gasteiger partial charge in [0.05, 0.1) is 24.6 Å². The number of hydrogen-bond acceptors (Lipinski definition) is 5. The van der Waals surface area contributed by atoms with E-state index in [4.69, 9.17) is 4.74 Å². The largest absolute Gasteiger partial charge is 0.465 e. The molecule has 1 fully saturated rings. The summed E-state index contributed by atoms with van der Waals surface area (Å²) >= 11 is 0. The third-order valence-electron chi connectivity index (χ3n) is 4.63. The number of rotatable bonds is 6. The number of halogens is 1. The van der Waals surface area contributed by atoms with Crippen LogP contribution in [0.1, 0.15) is 34.5 Å². The van der Waals surface area contributed by atoms with Crippen molar-refractivity contribution in [1.82, 2.24) is 24.8 Å². The molecule has 1 aliphatic carbocycles. The normalized spacial score (nSPS) is 13.7. The van der Waals surface area contributed by atoms with Crippen LogP contribution in [-0.2, 0) is 24.8 Å². The molecule has 0 bridgehead atoms. The van der Waals surface area contributed by atoms with Crippen molar-refractivity contribution in [3.05, 3.63) is 53.2 Å². The van der Waals surface area contributed by atoms with Gasteiger partial charge < -0.3 is 4.74 Å². The van der Waals surface area contributed by atoms with E-state index in [0.29, 0.717) is 23.4 Å². The van der Waals surface area contributed by atoms with E-state index >= 15 is 0 Å². The fourth-order valence-electron chi connectivity index (χ4n) is 3.13. The minimum absolute atomic E-state index is 0.128. The molecule has 0 aliphatic heterocycles. The van der Waals surface area contributed by atoms with Gasteiger partial charge in [0.15, 0.2) is 0 Å². The first-order valence-corrected chi connectivity index (χ1v) is 8.83. The summed E-state index contributed by atoms with van der Waals surface area (Å²) < 4.78 is 20.4. The molecule has 0 spiro atoms. The summed E-state index contributed by atoms with van der Waals surface area (Å²) in [5, 5.41) is 13.2. The summed E-state index contributed by atoms with van der Waals surface area (Å²) in [5.74, 6) is -0.379. The zero-order valence-electron chi connectivity index (χ0n) is 15.2. The molecule has 0 amide bonds. The molecule has 0 N–H and O–H groups in total. The van der Waals surface area contributed by atoms with Crippen LogP contribution in [0.25, 0.3) is 11.3 Å². The topological polar surface area (TPSA) is 74.8 Å². The number of nitrogens with zero attached hydrogens (tertiary/aromatic N) is 5. The zero-order chi connectivity index (χ0) is 19.0. The first-order valence-electron chi connectivity index (χ1n) is 8.83. The second-order valence-electron chi connectivity index (χ2n) is 6.86. The van der Waals surface area contributed by atoms with E-state index in [0.717, 1.165) is 24.1 Å². The van der Waals surface area contributed by atoms with Crippen LogP contribution in [0.4, 0.5) is 4.39 Å². The average Bonchev–Trinajstić information content (AvgIpc) is 3.24. The van der Waals surface area contributed by atoms with E-state index in [-0.39, 0.29) is 5.56 Å². The first-order chi connectivity index (χ1) is 13.0. The third-order valence-corrected chi connectivity index (χ3v) is 4.63. The summed E-state index contributed by atoms with van der Waals surface area (Å²) in [6.45, 7) is 0.942. The Bertz CT molecular complexity index is 990. The van der Waals surface area contributed by atoms with Gasteiger partial charge in [-0.3, -0.25) is 4.68 Å². The highest BCUT2D eigenvalue weighted by Gasteiger charge is 2.23. The molecule has 1 saturated carbocycles. The summed E-state index contributed by atoms with van der Waals surface area (Å²) in [4.78, 5) is 13.5. The van der Waals surface area contributed by atoms with E-state index in [2.05, 4.69) is 15.3 Å². The predicted molar refractivity (Wildman–Crippen MR) is 95.5 cm³/mol. The Morgan fingerprint density at radius 2 is 2.15 bits per heavy atom. The highest BCUT2D eigenvalue weighted by Crippen LogP contribution is 2.31. The van der Waals surface area contributed by atoms with E-state index in [1.165, 1.54) is 36.9 Å². The molecule has 0 saturated heterocycles. The number of hydrogen-bond donors (Lipinski definition) is 0. The Morgan fingerprint density at radius 3 is 2.89 bits per heavy atom. The minimum Gasteiger partial charge on any atom is -0.465 e. The number of methoxy groups -OCH3 is 1. The number of ether oxygens (including phenoxy) is 1. The average molecular weight is 369 g/mol. The molecule has 1 aliphatic rings. The maximum Gasteiger partial charge on any atom is 0.338 e. The fourth-order valence-corrected chi connectivity index (χ4v) is 3.13. The smallest absolute Gasteiger partial charge is 0.338 e. The van der Waals surface area contributed by atoms with Crippen molar-refractivity contribution in [3.63, 3.8) is 0 Å².